The number of hydrogen-bond donors (Lipinski definition) is 2. The van der Waals surface area contributed by atoms with E-state index in [0.29, 0.717) is 34.2 Å². The van der Waals surface area contributed by atoms with E-state index in [1.165, 1.54) is 0 Å². The van der Waals surface area contributed by atoms with Crippen LogP contribution in [0.3, 0.4) is 0 Å². The Balaban J connectivity index is 2.08. The molecule has 0 saturated carbocycles. The predicted molar refractivity (Wildman–Crippen MR) is 94.2 cm³/mol. The minimum Gasteiger partial charge on any atom is -0.462 e. The van der Waals surface area contributed by atoms with Gasteiger partial charge >= 0.3 is 5.97 Å². The van der Waals surface area contributed by atoms with Gasteiger partial charge in [-0.05, 0) is 50.6 Å². The number of nitrogens with one attached hydrogen (secondary N) is 2. The van der Waals surface area contributed by atoms with Gasteiger partial charge < -0.3 is 15.0 Å². The third-order valence-electron chi connectivity index (χ3n) is 4.01. The zero-order valence-corrected chi connectivity index (χ0v) is 14.4. The summed E-state index contributed by atoms with van der Waals surface area (Å²) in [6, 6.07) is 5.25. The summed E-state index contributed by atoms with van der Waals surface area (Å²) in [5, 5.41) is 3.37. The molecule has 0 saturated heterocycles. The number of halogens is 1. The van der Waals surface area contributed by atoms with Crippen molar-refractivity contribution in [2.75, 3.05) is 11.9 Å². The minimum atomic E-state index is -0.368. The molecule has 1 aliphatic rings. The molecule has 0 aliphatic carbocycles. The van der Waals surface area contributed by atoms with Gasteiger partial charge in [0.15, 0.2) is 0 Å². The SMILES string of the molecule is CCOC(=O)c1c(C)[nH]c(/C=C2\C(=O)Nc3ccc(Cl)cc32)c1C. The second-order valence-electron chi connectivity index (χ2n) is 5.59. The van der Waals surface area contributed by atoms with Gasteiger partial charge in [-0.25, -0.2) is 4.79 Å². The number of hydrogen-bond acceptors (Lipinski definition) is 3. The number of aromatic nitrogens is 1. The van der Waals surface area contributed by atoms with Gasteiger partial charge in [0.2, 0.25) is 0 Å². The highest BCUT2D eigenvalue weighted by molar-refractivity contribution is 6.36. The molecule has 0 radical (unpaired) electrons. The van der Waals surface area contributed by atoms with Crippen LogP contribution in [-0.2, 0) is 9.53 Å². The molecular weight excluding hydrogens is 328 g/mol. The second-order valence-corrected chi connectivity index (χ2v) is 6.02. The fourth-order valence-electron chi connectivity index (χ4n) is 2.88. The summed E-state index contributed by atoms with van der Waals surface area (Å²) in [5.74, 6) is -0.565. The lowest BCUT2D eigenvalue weighted by Gasteiger charge is -2.02. The van der Waals surface area contributed by atoms with E-state index >= 15 is 0 Å². The summed E-state index contributed by atoms with van der Waals surface area (Å²) < 4.78 is 5.09. The quantitative estimate of drug-likeness (QED) is 0.654. The molecule has 124 valence electrons. The second kappa shape index (κ2) is 6.17. The molecule has 0 spiro atoms. The van der Waals surface area contributed by atoms with Crippen LogP contribution in [0.4, 0.5) is 5.69 Å². The number of anilines is 1. The first kappa shape index (κ1) is 16.3. The van der Waals surface area contributed by atoms with Crippen molar-refractivity contribution in [1.82, 2.24) is 4.98 Å². The molecule has 24 heavy (non-hydrogen) atoms. The lowest BCUT2D eigenvalue weighted by Crippen LogP contribution is -2.06. The van der Waals surface area contributed by atoms with Crippen LogP contribution in [0, 0.1) is 13.8 Å². The van der Waals surface area contributed by atoms with Gasteiger partial charge in [0.05, 0.1) is 17.7 Å². The third-order valence-corrected chi connectivity index (χ3v) is 4.24. The molecule has 2 N–H and O–H groups in total. The standard InChI is InChI=1S/C18H17ClN2O3/c1-4-24-18(23)16-9(2)15(20-10(16)3)8-13-12-7-11(19)5-6-14(12)21-17(13)22/h5-8,20H,4H2,1-3H3,(H,21,22)/b13-8-. The molecule has 3 rings (SSSR count). The first-order valence-electron chi connectivity index (χ1n) is 7.61. The highest BCUT2D eigenvalue weighted by Crippen LogP contribution is 2.35. The van der Waals surface area contributed by atoms with E-state index in [2.05, 4.69) is 10.3 Å². The number of aryl methyl sites for hydroxylation is 1. The number of amides is 1. The van der Waals surface area contributed by atoms with E-state index in [4.69, 9.17) is 16.3 Å². The zero-order valence-electron chi connectivity index (χ0n) is 13.6. The largest absolute Gasteiger partial charge is 0.462 e. The van der Waals surface area contributed by atoms with E-state index in [0.717, 1.165) is 16.8 Å². The predicted octanol–water partition coefficient (Wildman–Crippen LogP) is 3.95. The fraction of sp³-hybridized carbons (Fsp3) is 0.222. The molecule has 5 nitrogen and oxygen atoms in total. The highest BCUT2D eigenvalue weighted by Gasteiger charge is 2.26. The normalized spacial score (nSPS) is 14.7. The van der Waals surface area contributed by atoms with Gasteiger partial charge in [-0.2, -0.15) is 0 Å². The smallest absolute Gasteiger partial charge is 0.340 e. The number of H-pyrrole nitrogens is 1. The molecule has 2 aromatic rings. The average molecular weight is 345 g/mol. The van der Waals surface area contributed by atoms with Gasteiger partial charge in [0.25, 0.3) is 5.91 Å². The summed E-state index contributed by atoms with van der Waals surface area (Å²) in [6.45, 7) is 5.71. The number of carbonyl (C=O) groups is 2. The van der Waals surface area contributed by atoms with Gasteiger partial charge in [-0.1, -0.05) is 11.6 Å². The Morgan fingerprint density at radius 3 is 2.79 bits per heavy atom. The van der Waals surface area contributed by atoms with Crippen LogP contribution in [0.1, 0.15) is 39.8 Å². The van der Waals surface area contributed by atoms with E-state index in [-0.39, 0.29) is 11.9 Å². The number of fused-ring (bicyclic) bond motifs is 1. The fourth-order valence-corrected chi connectivity index (χ4v) is 3.05. The number of esters is 1. The maximum atomic E-state index is 12.3. The van der Waals surface area contributed by atoms with Crippen molar-refractivity contribution in [2.45, 2.75) is 20.8 Å². The first-order valence-corrected chi connectivity index (χ1v) is 7.99. The van der Waals surface area contributed by atoms with E-state index < -0.39 is 0 Å². The molecule has 0 atom stereocenters. The number of rotatable bonds is 3. The molecule has 6 heteroatoms. The van der Waals surface area contributed by atoms with Crippen LogP contribution in [-0.4, -0.2) is 23.5 Å². The van der Waals surface area contributed by atoms with Crippen molar-refractivity contribution in [3.63, 3.8) is 0 Å². The van der Waals surface area contributed by atoms with Crippen LogP contribution in [0.2, 0.25) is 5.02 Å². The van der Waals surface area contributed by atoms with Gasteiger partial charge in [-0.3, -0.25) is 4.79 Å². The number of benzene rings is 1. The van der Waals surface area contributed by atoms with E-state index in [9.17, 15) is 9.59 Å². The average Bonchev–Trinajstić information content (AvgIpc) is 2.97. The maximum Gasteiger partial charge on any atom is 0.340 e. The van der Waals surface area contributed by atoms with Crippen molar-refractivity contribution >= 4 is 40.8 Å². The minimum absolute atomic E-state index is 0.198. The molecule has 2 heterocycles. The third kappa shape index (κ3) is 2.71. The lowest BCUT2D eigenvalue weighted by atomic mass is 10.0. The van der Waals surface area contributed by atoms with E-state index in [1.54, 1.807) is 38.1 Å². The van der Waals surface area contributed by atoms with Crippen molar-refractivity contribution in [3.05, 3.63) is 51.3 Å². The molecular formula is C18H17ClN2O3. The van der Waals surface area contributed by atoms with Crippen molar-refractivity contribution in [3.8, 4) is 0 Å². The van der Waals surface area contributed by atoms with Gasteiger partial charge in [0.1, 0.15) is 0 Å². The summed E-state index contributed by atoms with van der Waals surface area (Å²) >= 11 is 6.04. The maximum absolute atomic E-state index is 12.3. The topological polar surface area (TPSA) is 71.2 Å². The van der Waals surface area contributed by atoms with Crippen LogP contribution in [0.15, 0.2) is 18.2 Å². The molecule has 1 aromatic heterocycles. The lowest BCUT2D eigenvalue weighted by molar-refractivity contribution is -0.110. The number of ether oxygens (including phenoxy) is 1. The first-order chi connectivity index (χ1) is 11.4. The van der Waals surface area contributed by atoms with E-state index in [1.807, 2.05) is 6.92 Å². The summed E-state index contributed by atoms with van der Waals surface area (Å²) in [4.78, 5) is 27.5. The van der Waals surface area contributed by atoms with Crippen LogP contribution in [0.5, 0.6) is 0 Å². The molecule has 0 fully saturated rings. The molecule has 1 aromatic carbocycles. The van der Waals surface area contributed by atoms with Crippen molar-refractivity contribution < 1.29 is 14.3 Å². The Kier molecular flexibility index (Phi) is 4.20. The Morgan fingerprint density at radius 1 is 1.33 bits per heavy atom. The highest BCUT2D eigenvalue weighted by atomic mass is 35.5. The molecule has 1 aliphatic heterocycles. The summed E-state index contributed by atoms with van der Waals surface area (Å²) in [7, 11) is 0. The summed E-state index contributed by atoms with van der Waals surface area (Å²) in [5.41, 5.74) is 4.65. The molecule has 1 amide bonds. The Hall–Kier alpha value is -2.53. The van der Waals surface area contributed by atoms with Crippen LogP contribution >= 0.6 is 11.6 Å². The zero-order chi connectivity index (χ0) is 17.4. The Morgan fingerprint density at radius 2 is 2.08 bits per heavy atom. The summed E-state index contributed by atoms with van der Waals surface area (Å²) in [6.07, 6.45) is 1.74. The van der Waals surface area contributed by atoms with Gasteiger partial charge in [-0.15, -0.1) is 0 Å². The Labute approximate surface area is 144 Å². The van der Waals surface area contributed by atoms with Gasteiger partial charge in [0, 0.05) is 27.7 Å². The molecule has 0 unspecified atom stereocenters. The monoisotopic (exact) mass is 344 g/mol. The number of carbonyl (C=O) groups excluding carboxylic acids is 2. The van der Waals surface area contributed by atoms with Crippen molar-refractivity contribution in [2.24, 2.45) is 0 Å². The van der Waals surface area contributed by atoms with Crippen LogP contribution < -0.4 is 5.32 Å². The van der Waals surface area contributed by atoms with Crippen molar-refractivity contribution in [1.29, 1.82) is 0 Å². The van der Waals surface area contributed by atoms with Crippen LogP contribution in [0.25, 0.3) is 11.6 Å². The Bertz CT molecular complexity index is 881. The number of aromatic amines is 1. The molecule has 0 bridgehead atoms.